The van der Waals surface area contributed by atoms with Gasteiger partial charge < -0.3 is 20.2 Å². The van der Waals surface area contributed by atoms with E-state index in [1.807, 2.05) is 6.92 Å². The maximum Gasteiger partial charge on any atom is 0.255 e. The van der Waals surface area contributed by atoms with Crippen LogP contribution in [0.3, 0.4) is 0 Å². The Labute approximate surface area is 239 Å². The van der Waals surface area contributed by atoms with Crippen molar-refractivity contribution in [3.05, 3.63) is 112 Å². The molecule has 1 aliphatic rings. The zero-order valence-electron chi connectivity index (χ0n) is 22.8. The van der Waals surface area contributed by atoms with Crippen molar-refractivity contribution in [3.8, 4) is 17.1 Å². The molecule has 1 aliphatic carbocycles. The number of nitrogens with one attached hydrogen (secondary N) is 1. The zero-order valence-corrected chi connectivity index (χ0v) is 22.8. The van der Waals surface area contributed by atoms with Crippen molar-refractivity contribution in [1.82, 2.24) is 15.3 Å². The summed E-state index contributed by atoms with van der Waals surface area (Å²) >= 11 is 0. The van der Waals surface area contributed by atoms with Gasteiger partial charge in [0.05, 0.1) is 41.1 Å². The van der Waals surface area contributed by atoms with E-state index in [2.05, 4.69) is 15.3 Å². The summed E-state index contributed by atoms with van der Waals surface area (Å²) < 4.78 is 40.9. The molecule has 2 amide bonds. The van der Waals surface area contributed by atoms with E-state index in [-0.39, 0.29) is 40.2 Å². The molecule has 0 atom stereocenters. The van der Waals surface area contributed by atoms with Gasteiger partial charge in [0.2, 0.25) is 0 Å². The van der Waals surface area contributed by atoms with E-state index in [1.165, 1.54) is 31.4 Å². The number of rotatable bonds is 8. The second-order valence-corrected chi connectivity index (χ2v) is 10.4. The maximum absolute atomic E-state index is 16.1. The number of nitrogens with zero attached hydrogens (tertiary/aromatic N) is 2. The largest absolute Gasteiger partial charge is 0.496 e. The Hall–Kier alpha value is -5.12. The number of fused-ring (bicyclic) bond motifs is 1. The van der Waals surface area contributed by atoms with Crippen LogP contribution in [0.1, 0.15) is 55.9 Å². The first-order valence-electron chi connectivity index (χ1n) is 13.3. The van der Waals surface area contributed by atoms with Gasteiger partial charge in [-0.3, -0.25) is 19.6 Å². The topological polar surface area (TPSA) is 120 Å². The summed E-state index contributed by atoms with van der Waals surface area (Å²) in [6.45, 7) is 1.84. The fraction of sp³-hybridized carbons (Fsp3) is 0.188. The van der Waals surface area contributed by atoms with E-state index in [4.69, 9.17) is 14.9 Å². The van der Waals surface area contributed by atoms with Crippen molar-refractivity contribution in [3.63, 3.8) is 0 Å². The third kappa shape index (κ3) is 4.74. The summed E-state index contributed by atoms with van der Waals surface area (Å²) in [5, 5.41) is 3.03. The quantitative estimate of drug-likeness (QED) is 0.252. The number of aryl methyl sites for hydroxylation is 1. The fourth-order valence-electron chi connectivity index (χ4n) is 5.24. The lowest BCUT2D eigenvalue weighted by atomic mass is 9.95. The minimum Gasteiger partial charge on any atom is -0.496 e. The van der Waals surface area contributed by atoms with Crippen LogP contribution in [-0.2, 0) is 12.0 Å². The summed E-state index contributed by atoms with van der Waals surface area (Å²) in [5.41, 5.74) is 8.20. The lowest BCUT2D eigenvalue weighted by Gasteiger charge is -2.19. The molecule has 42 heavy (non-hydrogen) atoms. The molecule has 8 nitrogen and oxygen atoms in total. The van der Waals surface area contributed by atoms with Gasteiger partial charge in [-0.1, -0.05) is 6.07 Å². The van der Waals surface area contributed by atoms with Crippen molar-refractivity contribution < 1.29 is 27.5 Å². The molecule has 3 aromatic carbocycles. The predicted octanol–water partition coefficient (Wildman–Crippen LogP) is 5.59. The number of furan rings is 1. The van der Waals surface area contributed by atoms with E-state index in [1.54, 1.807) is 42.9 Å². The Morgan fingerprint density at radius 2 is 1.83 bits per heavy atom. The van der Waals surface area contributed by atoms with Crippen LogP contribution < -0.4 is 15.8 Å². The second kappa shape index (κ2) is 10.4. The SMILES string of the molecule is COc1cc(C)c(Cc2ccc3oc(-c4ccc(F)cc4)c(C(N)=O)c3c2F)cc1C(=O)NC1(c2cnccn2)CC1. The van der Waals surface area contributed by atoms with E-state index in [0.717, 1.165) is 18.4 Å². The van der Waals surface area contributed by atoms with Crippen molar-refractivity contribution >= 4 is 22.8 Å². The van der Waals surface area contributed by atoms with Gasteiger partial charge in [0.15, 0.2) is 0 Å². The van der Waals surface area contributed by atoms with Crippen molar-refractivity contribution in [2.75, 3.05) is 7.11 Å². The molecule has 1 fully saturated rings. The van der Waals surface area contributed by atoms with Gasteiger partial charge in [0.25, 0.3) is 11.8 Å². The van der Waals surface area contributed by atoms with Gasteiger partial charge in [-0.15, -0.1) is 0 Å². The number of nitrogens with two attached hydrogens (primary N) is 1. The molecule has 0 spiro atoms. The van der Waals surface area contributed by atoms with Gasteiger partial charge in [0.1, 0.15) is 28.7 Å². The Balaban J connectivity index is 1.37. The average Bonchev–Trinajstić information content (AvgIpc) is 3.66. The molecule has 6 rings (SSSR count). The van der Waals surface area contributed by atoms with E-state index in [9.17, 15) is 14.0 Å². The summed E-state index contributed by atoms with van der Waals surface area (Å²) in [5.74, 6) is -1.91. The van der Waals surface area contributed by atoms with Crippen LogP contribution in [-0.4, -0.2) is 28.9 Å². The Morgan fingerprint density at radius 1 is 1.07 bits per heavy atom. The Kier molecular flexibility index (Phi) is 6.68. The summed E-state index contributed by atoms with van der Waals surface area (Å²) in [6.07, 6.45) is 6.38. The summed E-state index contributed by atoms with van der Waals surface area (Å²) in [7, 11) is 1.48. The van der Waals surface area contributed by atoms with Crippen molar-refractivity contribution in [1.29, 1.82) is 0 Å². The van der Waals surface area contributed by atoms with Crippen LogP contribution in [0.25, 0.3) is 22.3 Å². The van der Waals surface area contributed by atoms with Crippen molar-refractivity contribution in [2.45, 2.75) is 31.7 Å². The maximum atomic E-state index is 16.1. The number of primary amides is 1. The first-order chi connectivity index (χ1) is 20.2. The molecule has 212 valence electrons. The predicted molar refractivity (Wildman–Crippen MR) is 151 cm³/mol. The zero-order chi connectivity index (χ0) is 29.6. The van der Waals surface area contributed by atoms with Crippen LogP contribution in [0.15, 0.2) is 71.5 Å². The van der Waals surface area contributed by atoms with Crippen LogP contribution in [0, 0.1) is 18.6 Å². The Morgan fingerprint density at radius 3 is 2.48 bits per heavy atom. The number of carbonyl (C=O) groups is 2. The highest BCUT2D eigenvalue weighted by atomic mass is 19.1. The Bertz CT molecular complexity index is 1850. The molecule has 1 saturated carbocycles. The van der Waals surface area contributed by atoms with Crippen LogP contribution in [0.5, 0.6) is 5.75 Å². The first-order valence-corrected chi connectivity index (χ1v) is 13.3. The number of carbonyl (C=O) groups excluding carboxylic acids is 2. The molecular weight excluding hydrogens is 542 g/mol. The summed E-state index contributed by atoms with van der Waals surface area (Å²) in [6, 6.07) is 11.9. The van der Waals surface area contributed by atoms with E-state index < -0.39 is 23.1 Å². The molecule has 10 heteroatoms. The number of amides is 2. The van der Waals surface area contributed by atoms with Crippen LogP contribution in [0.4, 0.5) is 8.78 Å². The summed E-state index contributed by atoms with van der Waals surface area (Å²) in [4.78, 5) is 34.5. The van der Waals surface area contributed by atoms with Crippen molar-refractivity contribution in [2.24, 2.45) is 5.73 Å². The highest BCUT2D eigenvalue weighted by Crippen LogP contribution is 2.45. The molecule has 0 aliphatic heterocycles. The third-order valence-corrected chi connectivity index (χ3v) is 7.67. The highest BCUT2D eigenvalue weighted by Gasteiger charge is 2.47. The lowest BCUT2D eigenvalue weighted by molar-refractivity contribution is 0.0925. The number of benzene rings is 3. The smallest absolute Gasteiger partial charge is 0.255 e. The van der Waals surface area contributed by atoms with Gasteiger partial charge in [0, 0.05) is 24.4 Å². The minimum atomic E-state index is -0.874. The third-order valence-electron chi connectivity index (χ3n) is 7.67. The molecule has 0 saturated heterocycles. The monoisotopic (exact) mass is 568 g/mol. The van der Waals surface area contributed by atoms with Gasteiger partial charge in [-0.2, -0.15) is 0 Å². The van der Waals surface area contributed by atoms with Crippen LogP contribution >= 0.6 is 0 Å². The number of methoxy groups -OCH3 is 1. The number of halogens is 2. The first kappa shape index (κ1) is 27.1. The fourth-order valence-corrected chi connectivity index (χ4v) is 5.24. The molecule has 5 aromatic rings. The lowest BCUT2D eigenvalue weighted by Crippen LogP contribution is -2.35. The number of hydrogen-bond donors (Lipinski definition) is 2. The van der Waals surface area contributed by atoms with E-state index >= 15 is 4.39 Å². The van der Waals surface area contributed by atoms with Crippen LogP contribution in [0.2, 0.25) is 0 Å². The molecule has 2 aromatic heterocycles. The molecule has 0 radical (unpaired) electrons. The number of hydrogen-bond acceptors (Lipinski definition) is 6. The average molecular weight is 569 g/mol. The van der Waals surface area contributed by atoms with Gasteiger partial charge >= 0.3 is 0 Å². The second-order valence-electron chi connectivity index (χ2n) is 10.4. The minimum absolute atomic E-state index is 0.0527. The number of ether oxygens (including phenoxy) is 1. The standard InChI is InChI=1S/C32H26F2N4O4/c1-17-13-24(41-2)22(31(40)38-32(9-10-32)25-16-36-11-12-37-25)15-20(17)14-19-5-8-23-26(28(19)34)27(30(35)39)29(42-23)18-3-6-21(33)7-4-18/h3-8,11-13,15-16H,9-10,14H2,1-2H3,(H2,35,39)(H,38,40). The van der Waals surface area contributed by atoms with Gasteiger partial charge in [-0.25, -0.2) is 8.78 Å². The highest BCUT2D eigenvalue weighted by molar-refractivity contribution is 6.11. The number of aromatic nitrogens is 2. The molecule has 0 unspecified atom stereocenters. The molecule has 0 bridgehead atoms. The normalized spacial score (nSPS) is 13.6. The molecule has 3 N–H and O–H groups in total. The molecule has 2 heterocycles. The van der Waals surface area contributed by atoms with Gasteiger partial charge in [-0.05, 0) is 78.9 Å². The molecular formula is C32H26F2N4O4. The van der Waals surface area contributed by atoms with E-state index in [0.29, 0.717) is 28.1 Å².